The number of anilines is 1. The first-order valence-corrected chi connectivity index (χ1v) is 8.25. The lowest BCUT2D eigenvalue weighted by molar-refractivity contribution is 0.101. The van der Waals surface area contributed by atoms with Crippen LogP contribution in [0.25, 0.3) is 5.82 Å². The van der Waals surface area contributed by atoms with Gasteiger partial charge < -0.3 is 0 Å². The van der Waals surface area contributed by atoms with Gasteiger partial charge in [-0.1, -0.05) is 12.1 Å². The van der Waals surface area contributed by atoms with Gasteiger partial charge in [-0.2, -0.15) is 5.10 Å². The topological polar surface area (TPSA) is 120 Å². The van der Waals surface area contributed by atoms with Crippen LogP contribution in [0.15, 0.2) is 54.2 Å². The summed E-state index contributed by atoms with van der Waals surface area (Å²) in [5.74, 6) is 0.212. The Morgan fingerprint density at radius 3 is 2.71 bits per heavy atom. The zero-order chi connectivity index (χ0) is 17.2. The van der Waals surface area contributed by atoms with Gasteiger partial charge >= 0.3 is 0 Å². The molecule has 0 aliphatic rings. The van der Waals surface area contributed by atoms with Gasteiger partial charge in [-0.25, -0.2) is 28.1 Å². The van der Waals surface area contributed by atoms with Crippen LogP contribution in [0.5, 0.6) is 0 Å². The number of aromatic nitrogens is 5. The fourth-order valence-corrected chi connectivity index (χ4v) is 2.98. The maximum absolute atomic E-state index is 12.5. The highest BCUT2D eigenvalue weighted by Crippen LogP contribution is 2.17. The number of nitrogens with one attached hydrogen (secondary N) is 1. The summed E-state index contributed by atoms with van der Waals surface area (Å²) < 4.78 is 28.6. The maximum Gasteiger partial charge on any atom is 0.263 e. The minimum Gasteiger partial charge on any atom is -0.295 e. The predicted octanol–water partition coefficient (Wildman–Crippen LogP) is 1.06. The number of ketones is 1. The summed E-state index contributed by atoms with van der Waals surface area (Å²) in [6.07, 6.45) is 3.97. The molecule has 2 aromatic heterocycles. The molecule has 0 fully saturated rings. The predicted molar refractivity (Wildman–Crippen MR) is 84.2 cm³/mol. The van der Waals surface area contributed by atoms with Crippen LogP contribution in [0.3, 0.4) is 0 Å². The van der Waals surface area contributed by atoms with E-state index >= 15 is 0 Å². The second-order valence-electron chi connectivity index (χ2n) is 4.79. The molecule has 10 heteroatoms. The van der Waals surface area contributed by atoms with Gasteiger partial charge in [0.05, 0.1) is 4.90 Å². The van der Waals surface area contributed by atoms with Crippen molar-refractivity contribution in [3.05, 3.63) is 54.9 Å². The minimum absolute atomic E-state index is 0.0314. The summed E-state index contributed by atoms with van der Waals surface area (Å²) in [7, 11) is -3.89. The van der Waals surface area contributed by atoms with Crippen molar-refractivity contribution in [2.24, 2.45) is 0 Å². The van der Waals surface area contributed by atoms with Gasteiger partial charge in [0.15, 0.2) is 11.6 Å². The van der Waals surface area contributed by atoms with Crippen molar-refractivity contribution in [1.82, 2.24) is 24.7 Å². The lowest BCUT2D eigenvalue weighted by atomic mass is 10.2. The van der Waals surface area contributed by atoms with E-state index in [1.165, 1.54) is 54.9 Å². The van der Waals surface area contributed by atoms with Crippen LogP contribution in [-0.2, 0) is 10.0 Å². The lowest BCUT2D eigenvalue weighted by Crippen LogP contribution is -2.15. The summed E-state index contributed by atoms with van der Waals surface area (Å²) in [4.78, 5) is 23.1. The van der Waals surface area contributed by atoms with Crippen LogP contribution in [0.4, 0.5) is 5.82 Å². The normalized spacial score (nSPS) is 11.2. The number of carbonyl (C=O) groups is 1. The Labute approximate surface area is 137 Å². The average molecular weight is 344 g/mol. The standard InChI is InChI=1S/C14H12N6O3S/c1-10(21)11-3-2-4-12(5-11)24(22,23)19-13-6-14(17-8-16-13)20-9-15-7-18-20/h2-9H,1H3,(H,16,17,19). The largest absolute Gasteiger partial charge is 0.295 e. The Morgan fingerprint density at radius 2 is 2.00 bits per heavy atom. The van der Waals surface area contributed by atoms with E-state index in [0.29, 0.717) is 11.4 Å². The van der Waals surface area contributed by atoms with Crippen molar-refractivity contribution in [3.8, 4) is 5.82 Å². The van der Waals surface area contributed by atoms with Crippen molar-refractivity contribution in [2.45, 2.75) is 11.8 Å². The van der Waals surface area contributed by atoms with Gasteiger partial charge in [0.1, 0.15) is 24.8 Å². The zero-order valence-corrected chi connectivity index (χ0v) is 13.3. The molecule has 24 heavy (non-hydrogen) atoms. The molecule has 3 rings (SSSR count). The highest BCUT2D eigenvalue weighted by Gasteiger charge is 2.16. The van der Waals surface area contributed by atoms with E-state index < -0.39 is 10.0 Å². The zero-order valence-electron chi connectivity index (χ0n) is 12.5. The van der Waals surface area contributed by atoms with E-state index in [1.54, 1.807) is 6.07 Å². The summed E-state index contributed by atoms with van der Waals surface area (Å²) in [5, 5.41) is 3.91. The van der Waals surface area contributed by atoms with Gasteiger partial charge in [-0.05, 0) is 19.1 Å². The average Bonchev–Trinajstić information content (AvgIpc) is 3.09. The summed E-state index contributed by atoms with van der Waals surface area (Å²) in [6, 6.07) is 7.18. The van der Waals surface area contributed by atoms with Crippen molar-refractivity contribution in [2.75, 3.05) is 4.72 Å². The van der Waals surface area contributed by atoms with E-state index in [2.05, 4.69) is 24.8 Å². The molecule has 122 valence electrons. The van der Waals surface area contributed by atoms with E-state index in [-0.39, 0.29) is 16.5 Å². The van der Waals surface area contributed by atoms with E-state index in [1.807, 2.05) is 0 Å². The van der Waals surface area contributed by atoms with Crippen LogP contribution in [0, 0.1) is 0 Å². The first-order valence-electron chi connectivity index (χ1n) is 6.76. The molecule has 1 N–H and O–H groups in total. The highest BCUT2D eigenvalue weighted by molar-refractivity contribution is 7.92. The van der Waals surface area contributed by atoms with Crippen LogP contribution < -0.4 is 4.72 Å². The van der Waals surface area contributed by atoms with Gasteiger partial charge in [-0.3, -0.25) is 9.52 Å². The van der Waals surface area contributed by atoms with Crippen molar-refractivity contribution in [1.29, 1.82) is 0 Å². The van der Waals surface area contributed by atoms with Gasteiger partial charge in [0, 0.05) is 11.6 Å². The molecule has 9 nitrogen and oxygen atoms in total. The molecule has 0 aliphatic carbocycles. The molecule has 0 spiro atoms. The summed E-state index contributed by atoms with van der Waals surface area (Å²) >= 11 is 0. The molecule has 0 unspecified atom stereocenters. The molecule has 0 aliphatic heterocycles. The molecule has 3 aromatic rings. The van der Waals surface area contributed by atoms with Crippen LogP contribution in [0.1, 0.15) is 17.3 Å². The molecule has 0 saturated carbocycles. The van der Waals surface area contributed by atoms with Crippen molar-refractivity contribution < 1.29 is 13.2 Å². The Morgan fingerprint density at radius 1 is 1.17 bits per heavy atom. The number of rotatable bonds is 5. The number of nitrogens with zero attached hydrogens (tertiary/aromatic N) is 5. The third kappa shape index (κ3) is 3.27. The molecule has 0 bridgehead atoms. The van der Waals surface area contributed by atoms with Crippen LogP contribution in [-0.4, -0.2) is 38.9 Å². The number of benzene rings is 1. The fourth-order valence-electron chi connectivity index (χ4n) is 1.93. The fraction of sp³-hybridized carbons (Fsp3) is 0.0714. The Hall–Kier alpha value is -3.14. The molecule has 0 radical (unpaired) electrons. The number of sulfonamides is 1. The molecule has 0 atom stereocenters. The smallest absolute Gasteiger partial charge is 0.263 e. The first kappa shape index (κ1) is 15.7. The van der Waals surface area contributed by atoms with E-state index in [4.69, 9.17) is 0 Å². The SMILES string of the molecule is CC(=O)c1cccc(S(=O)(=O)Nc2cc(-n3cncn3)ncn2)c1. The van der Waals surface area contributed by atoms with Crippen LogP contribution >= 0.6 is 0 Å². The second-order valence-corrected chi connectivity index (χ2v) is 6.47. The number of hydrogen-bond acceptors (Lipinski definition) is 7. The monoisotopic (exact) mass is 344 g/mol. The highest BCUT2D eigenvalue weighted by atomic mass is 32.2. The third-order valence-corrected chi connectivity index (χ3v) is 4.45. The molecule has 0 saturated heterocycles. The number of hydrogen-bond donors (Lipinski definition) is 1. The summed E-state index contributed by atoms with van der Waals surface area (Å²) in [5.41, 5.74) is 0.309. The lowest BCUT2D eigenvalue weighted by Gasteiger charge is -2.09. The molecular formula is C14H12N6O3S. The Balaban J connectivity index is 1.91. The Bertz CT molecular complexity index is 985. The third-order valence-electron chi connectivity index (χ3n) is 3.10. The maximum atomic E-state index is 12.5. The minimum atomic E-state index is -3.89. The quantitative estimate of drug-likeness (QED) is 0.687. The first-order chi connectivity index (χ1) is 11.5. The number of carbonyl (C=O) groups excluding carboxylic acids is 1. The summed E-state index contributed by atoms with van der Waals surface area (Å²) in [6.45, 7) is 1.37. The van der Waals surface area contributed by atoms with Crippen LogP contribution in [0.2, 0.25) is 0 Å². The van der Waals surface area contributed by atoms with Crippen molar-refractivity contribution >= 4 is 21.6 Å². The molecule has 0 amide bonds. The second kappa shape index (κ2) is 6.16. The van der Waals surface area contributed by atoms with Gasteiger partial charge in [0.25, 0.3) is 10.0 Å². The molecular weight excluding hydrogens is 332 g/mol. The van der Waals surface area contributed by atoms with E-state index in [0.717, 1.165) is 0 Å². The Kier molecular flexibility index (Phi) is 4.04. The molecule has 1 aromatic carbocycles. The van der Waals surface area contributed by atoms with Gasteiger partial charge in [0.2, 0.25) is 0 Å². The van der Waals surface area contributed by atoms with E-state index in [9.17, 15) is 13.2 Å². The number of Topliss-reactive ketones (excluding diaryl/α,β-unsaturated/α-hetero) is 1. The molecule has 2 heterocycles. The van der Waals surface area contributed by atoms with Crippen molar-refractivity contribution in [3.63, 3.8) is 0 Å². The van der Waals surface area contributed by atoms with Gasteiger partial charge in [-0.15, -0.1) is 0 Å².